The van der Waals surface area contributed by atoms with Crippen LogP contribution in [0.25, 0.3) is 0 Å². The number of carbonyl (C=O) groups is 2. The van der Waals surface area contributed by atoms with Gasteiger partial charge < -0.3 is 9.64 Å². The van der Waals surface area contributed by atoms with Crippen LogP contribution in [0.15, 0.2) is 41.3 Å². The number of hydrogen-bond donors (Lipinski definition) is 0. The lowest BCUT2D eigenvalue weighted by molar-refractivity contribution is -0.133. The smallest absolute Gasteiger partial charge is 0.339 e. The van der Waals surface area contributed by atoms with E-state index in [2.05, 4.69) is 6.58 Å². The molecule has 23 heavy (non-hydrogen) atoms. The molecule has 0 fully saturated rings. The third-order valence-electron chi connectivity index (χ3n) is 3.14. The van der Waals surface area contributed by atoms with E-state index in [4.69, 9.17) is 4.74 Å². The molecule has 1 rings (SSSR count). The van der Waals surface area contributed by atoms with Crippen molar-refractivity contribution >= 4 is 22.7 Å². The van der Waals surface area contributed by atoms with Gasteiger partial charge in [-0.2, -0.15) is 0 Å². The van der Waals surface area contributed by atoms with Crippen molar-refractivity contribution in [3.63, 3.8) is 0 Å². The third kappa shape index (κ3) is 5.63. The van der Waals surface area contributed by atoms with Crippen LogP contribution in [0.4, 0.5) is 0 Å². The fraction of sp³-hybridized carbons (Fsp3) is 0.412. The SMILES string of the molecule is C=C(C)CN(CC)C(=O)COC(=O)c1ccccc1S(=O)CC. The Kier molecular flexibility index (Phi) is 7.68. The van der Waals surface area contributed by atoms with Crippen LogP contribution in [0.5, 0.6) is 0 Å². The highest BCUT2D eigenvalue weighted by atomic mass is 32.2. The summed E-state index contributed by atoms with van der Waals surface area (Å²) in [5, 5.41) is 0. The van der Waals surface area contributed by atoms with Gasteiger partial charge in [-0.25, -0.2) is 4.79 Å². The van der Waals surface area contributed by atoms with Crippen LogP contribution in [0.1, 0.15) is 31.1 Å². The minimum absolute atomic E-state index is 0.239. The zero-order chi connectivity index (χ0) is 17.4. The monoisotopic (exact) mass is 337 g/mol. The molecule has 1 unspecified atom stereocenters. The van der Waals surface area contributed by atoms with Crippen LogP contribution in [0.2, 0.25) is 0 Å². The van der Waals surface area contributed by atoms with Crippen LogP contribution in [0, 0.1) is 0 Å². The summed E-state index contributed by atoms with van der Waals surface area (Å²) in [4.78, 5) is 26.2. The van der Waals surface area contributed by atoms with Gasteiger partial charge >= 0.3 is 5.97 Å². The van der Waals surface area contributed by atoms with Crippen molar-refractivity contribution < 1.29 is 18.5 Å². The Bertz CT molecular complexity index is 612. The summed E-state index contributed by atoms with van der Waals surface area (Å²) in [6.07, 6.45) is 0. The predicted octanol–water partition coefficient (Wildman–Crippen LogP) is 2.40. The first kappa shape index (κ1) is 19.1. The second kappa shape index (κ2) is 9.25. The van der Waals surface area contributed by atoms with E-state index in [0.29, 0.717) is 23.7 Å². The molecule has 0 aliphatic rings. The fourth-order valence-corrected chi connectivity index (χ4v) is 2.93. The Morgan fingerprint density at radius 3 is 2.48 bits per heavy atom. The van der Waals surface area contributed by atoms with E-state index in [-0.39, 0.29) is 18.1 Å². The van der Waals surface area contributed by atoms with Gasteiger partial charge in [-0.05, 0) is 26.0 Å². The molecule has 1 aromatic rings. The number of carbonyl (C=O) groups excluding carboxylic acids is 2. The molecule has 5 nitrogen and oxygen atoms in total. The number of hydrogen-bond acceptors (Lipinski definition) is 4. The maximum absolute atomic E-state index is 12.2. The van der Waals surface area contributed by atoms with Gasteiger partial charge in [-0.3, -0.25) is 9.00 Å². The van der Waals surface area contributed by atoms with Crippen molar-refractivity contribution in [2.24, 2.45) is 0 Å². The van der Waals surface area contributed by atoms with Gasteiger partial charge in [0, 0.05) is 18.8 Å². The van der Waals surface area contributed by atoms with E-state index in [0.717, 1.165) is 5.57 Å². The second-order valence-electron chi connectivity index (χ2n) is 5.07. The zero-order valence-corrected chi connectivity index (χ0v) is 14.6. The number of ether oxygens (including phenoxy) is 1. The van der Waals surface area contributed by atoms with Gasteiger partial charge in [0.2, 0.25) is 0 Å². The van der Waals surface area contributed by atoms with Gasteiger partial charge in [0.1, 0.15) is 0 Å². The topological polar surface area (TPSA) is 63.7 Å². The summed E-state index contributed by atoms with van der Waals surface area (Å²) in [6.45, 7) is 9.84. The summed E-state index contributed by atoms with van der Waals surface area (Å²) < 4.78 is 17.1. The molecule has 1 amide bonds. The van der Waals surface area contributed by atoms with Crippen molar-refractivity contribution in [2.75, 3.05) is 25.4 Å². The van der Waals surface area contributed by atoms with E-state index < -0.39 is 16.8 Å². The maximum Gasteiger partial charge on any atom is 0.339 e. The van der Waals surface area contributed by atoms with Crippen LogP contribution in [-0.4, -0.2) is 46.4 Å². The Hall–Kier alpha value is -1.95. The van der Waals surface area contributed by atoms with E-state index in [9.17, 15) is 13.8 Å². The van der Waals surface area contributed by atoms with E-state index in [1.807, 2.05) is 13.8 Å². The summed E-state index contributed by atoms with van der Waals surface area (Å²) in [5.41, 5.74) is 1.10. The van der Waals surface area contributed by atoms with E-state index >= 15 is 0 Å². The molecule has 0 saturated heterocycles. The fourth-order valence-electron chi connectivity index (χ4n) is 1.99. The summed E-state index contributed by atoms with van der Waals surface area (Å²) >= 11 is 0. The number of benzene rings is 1. The molecule has 6 heteroatoms. The Morgan fingerprint density at radius 2 is 1.91 bits per heavy atom. The Balaban J connectivity index is 2.76. The molecular formula is C17H23NO4S. The van der Waals surface area contributed by atoms with Gasteiger partial charge in [0.15, 0.2) is 6.61 Å². The van der Waals surface area contributed by atoms with E-state index in [1.54, 1.807) is 36.1 Å². The minimum atomic E-state index is -1.26. The molecule has 0 aliphatic carbocycles. The molecule has 1 atom stereocenters. The van der Waals surface area contributed by atoms with Gasteiger partial charge in [-0.15, -0.1) is 0 Å². The van der Waals surface area contributed by atoms with Crippen molar-refractivity contribution in [1.29, 1.82) is 0 Å². The average molecular weight is 337 g/mol. The molecule has 0 bridgehead atoms. The lowest BCUT2D eigenvalue weighted by Gasteiger charge is -2.20. The highest BCUT2D eigenvalue weighted by Crippen LogP contribution is 2.15. The van der Waals surface area contributed by atoms with Crippen molar-refractivity contribution in [3.05, 3.63) is 42.0 Å². The number of esters is 1. The van der Waals surface area contributed by atoms with Gasteiger partial charge in [0.25, 0.3) is 5.91 Å². The first-order chi connectivity index (χ1) is 10.9. The molecule has 1 aromatic carbocycles. The molecule has 0 spiro atoms. The van der Waals surface area contributed by atoms with Crippen LogP contribution >= 0.6 is 0 Å². The standard InChI is InChI=1S/C17H23NO4S/c1-5-18(11-13(3)4)16(19)12-22-17(20)14-9-7-8-10-15(14)23(21)6-2/h7-10H,3,5-6,11-12H2,1-2,4H3. The van der Waals surface area contributed by atoms with Crippen LogP contribution in [-0.2, 0) is 20.3 Å². The number of likely N-dealkylation sites (N-methyl/N-ethyl adjacent to an activating group) is 1. The highest BCUT2D eigenvalue weighted by molar-refractivity contribution is 7.85. The molecular weight excluding hydrogens is 314 g/mol. The minimum Gasteiger partial charge on any atom is -0.452 e. The molecule has 0 N–H and O–H groups in total. The lowest BCUT2D eigenvalue weighted by atomic mass is 10.2. The van der Waals surface area contributed by atoms with Crippen molar-refractivity contribution in [3.8, 4) is 0 Å². The van der Waals surface area contributed by atoms with Gasteiger partial charge in [0.05, 0.1) is 21.3 Å². The molecule has 0 saturated carbocycles. The first-order valence-electron chi connectivity index (χ1n) is 7.47. The third-order valence-corrected chi connectivity index (χ3v) is 4.51. The zero-order valence-electron chi connectivity index (χ0n) is 13.8. The number of rotatable bonds is 8. The second-order valence-corrected chi connectivity index (χ2v) is 6.78. The quantitative estimate of drug-likeness (QED) is 0.540. The van der Waals surface area contributed by atoms with Gasteiger partial charge in [-0.1, -0.05) is 31.2 Å². The highest BCUT2D eigenvalue weighted by Gasteiger charge is 2.19. The number of nitrogens with zero attached hydrogens (tertiary/aromatic N) is 1. The summed E-state index contributed by atoms with van der Waals surface area (Å²) in [6, 6.07) is 6.59. The normalized spacial score (nSPS) is 11.6. The predicted molar refractivity (Wildman–Crippen MR) is 90.7 cm³/mol. The molecule has 0 aromatic heterocycles. The Morgan fingerprint density at radius 1 is 1.26 bits per heavy atom. The average Bonchev–Trinajstić information content (AvgIpc) is 2.56. The lowest BCUT2D eigenvalue weighted by Crippen LogP contribution is -2.35. The van der Waals surface area contributed by atoms with Crippen LogP contribution < -0.4 is 0 Å². The van der Waals surface area contributed by atoms with Crippen LogP contribution in [0.3, 0.4) is 0 Å². The molecule has 126 valence electrons. The summed E-state index contributed by atoms with van der Waals surface area (Å²) in [7, 11) is -1.26. The van der Waals surface area contributed by atoms with E-state index in [1.165, 1.54) is 0 Å². The van der Waals surface area contributed by atoms with Crippen molar-refractivity contribution in [2.45, 2.75) is 25.7 Å². The molecule has 0 heterocycles. The number of amides is 1. The maximum atomic E-state index is 12.2. The Labute approximate surface area is 139 Å². The summed E-state index contributed by atoms with van der Waals surface area (Å²) in [5.74, 6) is -0.508. The molecule has 0 aliphatic heterocycles. The first-order valence-corrected chi connectivity index (χ1v) is 8.79. The largest absolute Gasteiger partial charge is 0.452 e. The van der Waals surface area contributed by atoms with Crippen molar-refractivity contribution in [1.82, 2.24) is 4.90 Å². The molecule has 0 radical (unpaired) electrons.